The molecular formula is C15H11F4NO. The van der Waals surface area contributed by atoms with Gasteiger partial charge in [0.15, 0.2) is 0 Å². The van der Waals surface area contributed by atoms with Gasteiger partial charge in [-0.25, -0.2) is 4.39 Å². The van der Waals surface area contributed by atoms with Crippen LogP contribution in [0.3, 0.4) is 0 Å². The van der Waals surface area contributed by atoms with E-state index >= 15 is 0 Å². The summed E-state index contributed by atoms with van der Waals surface area (Å²) in [6.07, 6.45) is -4.87. The maximum Gasteiger partial charge on any atom is 0.454 e. The molecule has 2 aromatic carbocycles. The van der Waals surface area contributed by atoms with E-state index in [0.717, 1.165) is 17.7 Å². The number of alkyl halides is 3. The van der Waals surface area contributed by atoms with Gasteiger partial charge in [-0.05, 0) is 42.0 Å². The zero-order chi connectivity index (χ0) is 15.5. The first-order chi connectivity index (χ1) is 9.86. The van der Waals surface area contributed by atoms with E-state index in [1.807, 2.05) is 0 Å². The van der Waals surface area contributed by atoms with E-state index < -0.39 is 17.5 Å². The minimum atomic E-state index is -4.87. The molecule has 0 aliphatic rings. The van der Waals surface area contributed by atoms with Crippen LogP contribution in [-0.4, -0.2) is 12.0 Å². The van der Waals surface area contributed by atoms with Crippen LogP contribution in [0.25, 0.3) is 0 Å². The van der Waals surface area contributed by atoms with Crippen molar-refractivity contribution in [2.75, 3.05) is 5.32 Å². The first-order valence-electron chi connectivity index (χ1n) is 6.06. The van der Waals surface area contributed by atoms with Crippen molar-refractivity contribution in [2.45, 2.75) is 12.7 Å². The molecule has 0 amide bonds. The quantitative estimate of drug-likeness (QED) is 0.677. The molecule has 21 heavy (non-hydrogen) atoms. The van der Waals surface area contributed by atoms with Crippen molar-refractivity contribution in [1.29, 1.82) is 0 Å². The van der Waals surface area contributed by atoms with E-state index in [4.69, 9.17) is 0 Å². The third-order valence-corrected chi connectivity index (χ3v) is 2.81. The van der Waals surface area contributed by atoms with Gasteiger partial charge in [-0.15, -0.1) is 0 Å². The second kappa shape index (κ2) is 5.95. The normalized spacial score (nSPS) is 11.2. The van der Waals surface area contributed by atoms with Crippen molar-refractivity contribution in [3.05, 3.63) is 65.5 Å². The summed E-state index contributed by atoms with van der Waals surface area (Å²) in [5.41, 5.74) is 0.986. The highest BCUT2D eigenvalue weighted by molar-refractivity contribution is 6.00. The van der Waals surface area contributed by atoms with Gasteiger partial charge >= 0.3 is 6.18 Å². The average Bonchev–Trinajstić information content (AvgIpc) is 2.45. The van der Waals surface area contributed by atoms with Gasteiger partial charge in [-0.1, -0.05) is 12.1 Å². The van der Waals surface area contributed by atoms with Gasteiger partial charge in [0.1, 0.15) is 5.82 Å². The first-order valence-corrected chi connectivity index (χ1v) is 6.06. The standard InChI is InChI=1S/C15H11F4NO/c16-12-5-1-10(2-6-12)9-20-13-7-3-11(4-8-13)14(21)15(17,18)19/h1-8,20H,9H2. The molecule has 0 radical (unpaired) electrons. The van der Waals surface area contributed by atoms with Crippen LogP contribution in [0.4, 0.5) is 23.2 Å². The van der Waals surface area contributed by atoms with Crippen molar-refractivity contribution in [3.8, 4) is 0 Å². The molecule has 0 heterocycles. The zero-order valence-corrected chi connectivity index (χ0v) is 10.7. The van der Waals surface area contributed by atoms with Gasteiger partial charge in [0.05, 0.1) is 0 Å². The molecule has 2 rings (SSSR count). The summed E-state index contributed by atoms with van der Waals surface area (Å²) in [7, 11) is 0. The minimum absolute atomic E-state index is 0.339. The molecule has 0 saturated heterocycles. The smallest absolute Gasteiger partial charge is 0.381 e. The predicted molar refractivity (Wildman–Crippen MR) is 70.6 cm³/mol. The fraction of sp³-hybridized carbons (Fsp3) is 0.133. The van der Waals surface area contributed by atoms with Crippen molar-refractivity contribution in [2.24, 2.45) is 0 Å². The molecule has 0 saturated carbocycles. The van der Waals surface area contributed by atoms with Crippen LogP contribution in [0, 0.1) is 5.82 Å². The van der Waals surface area contributed by atoms with Crippen molar-refractivity contribution in [1.82, 2.24) is 0 Å². The molecule has 0 unspecified atom stereocenters. The lowest BCUT2D eigenvalue weighted by Gasteiger charge is -2.08. The Hall–Kier alpha value is -2.37. The molecule has 0 spiro atoms. The predicted octanol–water partition coefficient (Wildman–Crippen LogP) is 4.18. The Morgan fingerprint density at radius 2 is 1.52 bits per heavy atom. The summed E-state index contributed by atoms with van der Waals surface area (Å²) in [6.45, 7) is 0.396. The average molecular weight is 297 g/mol. The number of halogens is 4. The number of nitrogens with one attached hydrogen (secondary N) is 1. The number of hydrogen-bond donors (Lipinski definition) is 1. The largest absolute Gasteiger partial charge is 0.454 e. The van der Waals surface area contributed by atoms with E-state index in [9.17, 15) is 22.4 Å². The highest BCUT2D eigenvalue weighted by atomic mass is 19.4. The van der Waals surface area contributed by atoms with Gasteiger partial charge in [0.2, 0.25) is 0 Å². The van der Waals surface area contributed by atoms with Crippen molar-refractivity contribution >= 4 is 11.5 Å². The van der Waals surface area contributed by atoms with Crippen molar-refractivity contribution in [3.63, 3.8) is 0 Å². The molecule has 0 bridgehead atoms. The Kier molecular flexibility index (Phi) is 4.26. The number of anilines is 1. The third kappa shape index (κ3) is 4.05. The molecule has 6 heteroatoms. The second-order valence-electron chi connectivity index (χ2n) is 4.38. The Morgan fingerprint density at radius 3 is 2.05 bits per heavy atom. The van der Waals surface area contributed by atoms with Crippen LogP contribution >= 0.6 is 0 Å². The van der Waals surface area contributed by atoms with Gasteiger partial charge in [0, 0.05) is 17.8 Å². The number of rotatable bonds is 4. The molecular weight excluding hydrogens is 286 g/mol. The SMILES string of the molecule is O=C(c1ccc(NCc2ccc(F)cc2)cc1)C(F)(F)F. The van der Waals surface area contributed by atoms with E-state index in [0.29, 0.717) is 12.2 Å². The topological polar surface area (TPSA) is 29.1 Å². The summed E-state index contributed by atoms with van der Waals surface area (Å²) < 4.78 is 49.4. The molecule has 0 atom stereocenters. The van der Waals surface area contributed by atoms with Crippen LogP contribution in [0.2, 0.25) is 0 Å². The molecule has 2 aromatic rings. The molecule has 2 nitrogen and oxygen atoms in total. The Morgan fingerprint density at radius 1 is 0.952 bits per heavy atom. The minimum Gasteiger partial charge on any atom is -0.381 e. The Bertz CT molecular complexity index is 618. The van der Waals surface area contributed by atoms with Crippen LogP contribution in [0.1, 0.15) is 15.9 Å². The highest BCUT2D eigenvalue weighted by Crippen LogP contribution is 2.22. The van der Waals surface area contributed by atoms with Crippen LogP contribution in [0.5, 0.6) is 0 Å². The summed E-state index contributed by atoms with van der Waals surface area (Å²) in [5.74, 6) is -2.21. The Labute approximate surface area is 118 Å². The molecule has 0 aliphatic heterocycles. The highest BCUT2D eigenvalue weighted by Gasteiger charge is 2.39. The monoisotopic (exact) mass is 297 g/mol. The van der Waals surface area contributed by atoms with Gasteiger partial charge in [-0.3, -0.25) is 4.79 Å². The maximum absolute atomic E-state index is 12.7. The number of ketones is 1. The van der Waals surface area contributed by atoms with Gasteiger partial charge < -0.3 is 5.32 Å². The second-order valence-corrected chi connectivity index (χ2v) is 4.38. The third-order valence-electron chi connectivity index (χ3n) is 2.81. The fourth-order valence-electron chi connectivity index (χ4n) is 1.71. The summed E-state index contributed by atoms with van der Waals surface area (Å²) in [6, 6.07) is 10.9. The summed E-state index contributed by atoms with van der Waals surface area (Å²) >= 11 is 0. The van der Waals surface area contributed by atoms with Crippen LogP contribution < -0.4 is 5.32 Å². The lowest BCUT2D eigenvalue weighted by Crippen LogP contribution is -2.22. The molecule has 1 N–H and O–H groups in total. The summed E-state index contributed by atoms with van der Waals surface area (Å²) in [4.78, 5) is 11.0. The molecule has 0 aromatic heterocycles. The fourth-order valence-corrected chi connectivity index (χ4v) is 1.71. The number of hydrogen-bond acceptors (Lipinski definition) is 2. The number of carbonyl (C=O) groups excluding carboxylic acids is 1. The van der Waals surface area contributed by atoms with E-state index in [1.54, 1.807) is 12.1 Å². The van der Waals surface area contributed by atoms with Crippen LogP contribution in [-0.2, 0) is 6.54 Å². The van der Waals surface area contributed by atoms with E-state index in [1.165, 1.54) is 24.3 Å². The maximum atomic E-state index is 12.7. The van der Waals surface area contributed by atoms with Gasteiger partial charge in [-0.2, -0.15) is 13.2 Å². The zero-order valence-electron chi connectivity index (χ0n) is 10.7. The van der Waals surface area contributed by atoms with Crippen molar-refractivity contribution < 1.29 is 22.4 Å². The van der Waals surface area contributed by atoms with E-state index in [-0.39, 0.29) is 5.82 Å². The van der Waals surface area contributed by atoms with Crippen LogP contribution in [0.15, 0.2) is 48.5 Å². The number of benzene rings is 2. The molecule has 0 fully saturated rings. The number of Topliss-reactive ketones (excluding diaryl/α,β-unsaturated/α-hetero) is 1. The lowest BCUT2D eigenvalue weighted by atomic mass is 10.1. The first kappa shape index (κ1) is 15.0. The van der Waals surface area contributed by atoms with E-state index in [2.05, 4.69) is 5.32 Å². The van der Waals surface area contributed by atoms with Gasteiger partial charge in [0.25, 0.3) is 5.78 Å². The molecule has 110 valence electrons. The summed E-state index contributed by atoms with van der Waals surface area (Å²) in [5, 5.41) is 2.97. The molecule has 0 aliphatic carbocycles. The lowest BCUT2D eigenvalue weighted by molar-refractivity contribution is -0.0885. The Balaban J connectivity index is 2.00. The number of carbonyl (C=O) groups is 1.